The molecule has 1 aromatic carbocycles. The van der Waals surface area contributed by atoms with E-state index in [0.29, 0.717) is 5.75 Å². The average molecular weight is 231 g/mol. The minimum Gasteiger partial charge on any atom is -0.508 e. The van der Waals surface area contributed by atoms with Gasteiger partial charge in [0.25, 0.3) is 0 Å². The summed E-state index contributed by atoms with van der Waals surface area (Å²) >= 11 is 1.72. The molecule has 0 saturated carbocycles. The van der Waals surface area contributed by atoms with Gasteiger partial charge in [0.05, 0.1) is 5.69 Å². The number of nitrogens with zero attached hydrogens (tertiary/aromatic N) is 1. The van der Waals surface area contributed by atoms with Crippen molar-refractivity contribution in [3.8, 4) is 5.75 Å². The van der Waals surface area contributed by atoms with Gasteiger partial charge < -0.3 is 5.11 Å². The lowest BCUT2D eigenvalue weighted by molar-refractivity contribution is 0.475. The summed E-state index contributed by atoms with van der Waals surface area (Å²) in [6, 6.07) is 11.3. The van der Waals surface area contributed by atoms with Crippen molar-refractivity contribution < 1.29 is 5.11 Å². The van der Waals surface area contributed by atoms with Gasteiger partial charge in [0.15, 0.2) is 0 Å². The third-order valence-electron chi connectivity index (χ3n) is 2.33. The van der Waals surface area contributed by atoms with Gasteiger partial charge >= 0.3 is 0 Å². The number of hydrogen-bond donors (Lipinski definition) is 1. The first-order chi connectivity index (χ1) is 7.75. The van der Waals surface area contributed by atoms with Gasteiger partial charge in [-0.05, 0) is 42.8 Å². The van der Waals surface area contributed by atoms with Crippen LogP contribution in [0.3, 0.4) is 0 Å². The normalized spacial score (nSPS) is 10.3. The van der Waals surface area contributed by atoms with Gasteiger partial charge in [-0.15, -0.1) is 11.8 Å². The molecule has 0 fully saturated rings. The fourth-order valence-corrected chi connectivity index (χ4v) is 2.30. The van der Waals surface area contributed by atoms with Crippen molar-refractivity contribution in [2.45, 2.75) is 17.6 Å². The molecule has 0 saturated heterocycles. The van der Waals surface area contributed by atoms with Crippen molar-refractivity contribution in [2.24, 2.45) is 0 Å². The molecule has 0 spiro atoms. The van der Waals surface area contributed by atoms with Crippen molar-refractivity contribution in [3.05, 3.63) is 53.9 Å². The van der Waals surface area contributed by atoms with Crippen LogP contribution < -0.4 is 0 Å². The monoisotopic (exact) mass is 231 g/mol. The van der Waals surface area contributed by atoms with Crippen LogP contribution in [0.2, 0.25) is 0 Å². The second-order valence-electron chi connectivity index (χ2n) is 3.55. The zero-order valence-electron chi connectivity index (χ0n) is 9.05. The van der Waals surface area contributed by atoms with Crippen LogP contribution in [-0.4, -0.2) is 10.1 Å². The summed E-state index contributed by atoms with van der Waals surface area (Å²) in [5.74, 6) is 1.16. The van der Waals surface area contributed by atoms with Gasteiger partial charge in [-0.3, -0.25) is 4.98 Å². The van der Waals surface area contributed by atoms with E-state index in [4.69, 9.17) is 5.11 Å². The number of aromatic hydroxyl groups is 1. The van der Waals surface area contributed by atoms with Crippen LogP contribution in [0.4, 0.5) is 0 Å². The molecule has 1 heterocycles. The van der Waals surface area contributed by atoms with Crippen LogP contribution in [0.5, 0.6) is 5.75 Å². The second-order valence-corrected chi connectivity index (χ2v) is 4.60. The molecule has 82 valence electrons. The molecule has 0 aliphatic heterocycles. The number of rotatable bonds is 3. The Hall–Kier alpha value is -1.48. The summed E-state index contributed by atoms with van der Waals surface area (Å²) in [6.07, 6.45) is 1.82. The number of aromatic nitrogens is 1. The van der Waals surface area contributed by atoms with E-state index in [1.165, 1.54) is 5.56 Å². The first kappa shape index (κ1) is 11.0. The van der Waals surface area contributed by atoms with E-state index < -0.39 is 0 Å². The highest BCUT2D eigenvalue weighted by Gasteiger charge is 2.00. The van der Waals surface area contributed by atoms with Crippen molar-refractivity contribution in [1.29, 1.82) is 0 Å². The van der Waals surface area contributed by atoms with Gasteiger partial charge in [-0.2, -0.15) is 0 Å². The third-order valence-corrected chi connectivity index (χ3v) is 3.35. The number of aryl methyl sites for hydroxylation is 1. The molecule has 1 N–H and O–H groups in total. The van der Waals surface area contributed by atoms with Gasteiger partial charge in [0.2, 0.25) is 0 Å². The molecular weight excluding hydrogens is 218 g/mol. The predicted molar refractivity (Wildman–Crippen MR) is 66.6 cm³/mol. The maximum Gasteiger partial charge on any atom is 0.115 e. The minimum atomic E-state index is 0.304. The molecule has 0 bridgehead atoms. The van der Waals surface area contributed by atoms with E-state index in [9.17, 15) is 0 Å². The molecule has 2 rings (SSSR count). The number of thioether (sulfide) groups is 1. The Morgan fingerprint density at radius 1 is 1.19 bits per heavy atom. The van der Waals surface area contributed by atoms with Crippen LogP contribution >= 0.6 is 11.8 Å². The zero-order valence-corrected chi connectivity index (χ0v) is 9.87. The Bertz CT molecular complexity index is 468. The van der Waals surface area contributed by atoms with Gasteiger partial charge in [-0.25, -0.2) is 0 Å². The van der Waals surface area contributed by atoms with E-state index in [0.717, 1.165) is 16.3 Å². The van der Waals surface area contributed by atoms with E-state index in [1.54, 1.807) is 23.9 Å². The number of benzene rings is 1. The molecule has 2 nitrogen and oxygen atoms in total. The summed E-state index contributed by atoms with van der Waals surface area (Å²) in [5.41, 5.74) is 2.33. The van der Waals surface area contributed by atoms with E-state index in [-0.39, 0.29) is 0 Å². The fourth-order valence-electron chi connectivity index (χ4n) is 1.36. The topological polar surface area (TPSA) is 33.1 Å². The van der Waals surface area contributed by atoms with Gasteiger partial charge in [0, 0.05) is 16.8 Å². The smallest absolute Gasteiger partial charge is 0.115 e. The van der Waals surface area contributed by atoms with Crippen molar-refractivity contribution >= 4 is 11.8 Å². The van der Waals surface area contributed by atoms with Gasteiger partial charge in [-0.1, -0.05) is 6.07 Å². The maximum atomic E-state index is 9.16. The van der Waals surface area contributed by atoms with E-state index in [1.807, 2.05) is 24.4 Å². The Morgan fingerprint density at radius 2 is 1.94 bits per heavy atom. The molecule has 0 radical (unpaired) electrons. The summed E-state index contributed by atoms with van der Waals surface area (Å²) < 4.78 is 0. The van der Waals surface area contributed by atoms with Crippen LogP contribution in [0, 0.1) is 6.92 Å². The largest absolute Gasteiger partial charge is 0.508 e. The highest BCUT2D eigenvalue weighted by Crippen LogP contribution is 2.24. The molecule has 0 amide bonds. The standard InChI is InChI=1S/C13H13NOS/c1-10-3-2-8-14-13(10)9-16-12-6-4-11(15)5-7-12/h2-8,15H,9H2,1H3. The summed E-state index contributed by atoms with van der Waals surface area (Å²) in [5, 5.41) is 9.16. The Labute approximate surface area is 99.4 Å². The lowest BCUT2D eigenvalue weighted by Gasteiger charge is -2.04. The van der Waals surface area contributed by atoms with E-state index >= 15 is 0 Å². The summed E-state index contributed by atoms with van der Waals surface area (Å²) in [7, 11) is 0. The molecule has 0 unspecified atom stereocenters. The highest BCUT2D eigenvalue weighted by molar-refractivity contribution is 7.98. The predicted octanol–water partition coefficient (Wildman–Crippen LogP) is 3.39. The van der Waals surface area contributed by atoms with Crippen molar-refractivity contribution in [1.82, 2.24) is 4.98 Å². The molecule has 3 heteroatoms. The third kappa shape index (κ3) is 2.76. The molecule has 0 aliphatic rings. The Kier molecular flexibility index (Phi) is 3.47. The van der Waals surface area contributed by atoms with Crippen LogP contribution in [0.25, 0.3) is 0 Å². The second kappa shape index (κ2) is 5.03. The van der Waals surface area contributed by atoms with Crippen LogP contribution in [0.15, 0.2) is 47.5 Å². The first-order valence-corrected chi connectivity index (χ1v) is 6.06. The highest BCUT2D eigenvalue weighted by atomic mass is 32.2. The van der Waals surface area contributed by atoms with Crippen LogP contribution in [-0.2, 0) is 5.75 Å². The molecule has 0 aliphatic carbocycles. The Morgan fingerprint density at radius 3 is 2.62 bits per heavy atom. The summed E-state index contributed by atoms with van der Waals surface area (Å²) in [4.78, 5) is 5.48. The van der Waals surface area contributed by atoms with Crippen LogP contribution in [0.1, 0.15) is 11.3 Å². The first-order valence-electron chi connectivity index (χ1n) is 5.08. The van der Waals surface area contributed by atoms with Crippen molar-refractivity contribution in [2.75, 3.05) is 0 Å². The molecule has 0 atom stereocenters. The zero-order chi connectivity index (χ0) is 11.4. The molecule has 16 heavy (non-hydrogen) atoms. The molecule has 1 aromatic heterocycles. The molecule has 2 aromatic rings. The number of hydrogen-bond acceptors (Lipinski definition) is 3. The number of phenolic OH excluding ortho intramolecular Hbond substituents is 1. The molecular formula is C13H13NOS. The Balaban J connectivity index is 2.02. The van der Waals surface area contributed by atoms with E-state index in [2.05, 4.69) is 18.0 Å². The quantitative estimate of drug-likeness (QED) is 0.822. The number of pyridine rings is 1. The average Bonchev–Trinajstić information content (AvgIpc) is 2.30. The van der Waals surface area contributed by atoms with Crippen molar-refractivity contribution in [3.63, 3.8) is 0 Å². The lowest BCUT2D eigenvalue weighted by Crippen LogP contribution is -1.89. The maximum absolute atomic E-state index is 9.16. The van der Waals surface area contributed by atoms with Gasteiger partial charge in [0.1, 0.15) is 5.75 Å². The number of phenols is 1. The fraction of sp³-hybridized carbons (Fsp3) is 0.154. The minimum absolute atomic E-state index is 0.304. The summed E-state index contributed by atoms with van der Waals surface area (Å²) in [6.45, 7) is 2.07. The lowest BCUT2D eigenvalue weighted by atomic mass is 10.2. The SMILES string of the molecule is Cc1cccnc1CSc1ccc(O)cc1.